The van der Waals surface area contributed by atoms with Gasteiger partial charge in [0.05, 0.1) is 22.5 Å². The van der Waals surface area contributed by atoms with Gasteiger partial charge in [-0.15, -0.1) is 0 Å². The SMILES string of the molecule is CC(=O)c1noc(-c2cc(C(C)C)c(O)cc2O)c1-c1ccc(CN2CCN(C(=O)N(c3nccc(-c4ccccc4)n3)c3cc(NC(=O)c4ccc(CN5CCN(C)CC5)cc4)ccc3C)CC2)cc1. The number of amides is 3. The molecule has 0 unspecified atom stereocenters. The average Bonchev–Trinajstić information content (AvgIpc) is 3.82. The van der Waals surface area contributed by atoms with Gasteiger partial charge in [0.25, 0.3) is 5.91 Å². The van der Waals surface area contributed by atoms with Gasteiger partial charge in [-0.25, -0.2) is 19.7 Å². The van der Waals surface area contributed by atoms with Crippen LogP contribution in [0.3, 0.4) is 0 Å². The summed E-state index contributed by atoms with van der Waals surface area (Å²) < 4.78 is 5.72. The lowest BCUT2D eigenvalue weighted by molar-refractivity contribution is 0.100. The van der Waals surface area contributed by atoms with Crippen molar-refractivity contribution >= 4 is 35.0 Å². The third kappa shape index (κ3) is 10.9. The summed E-state index contributed by atoms with van der Waals surface area (Å²) >= 11 is 0. The number of phenols is 2. The average molecular weight is 954 g/mol. The van der Waals surface area contributed by atoms with Crippen LogP contribution in [0.5, 0.6) is 11.5 Å². The van der Waals surface area contributed by atoms with Crippen LogP contribution in [0.2, 0.25) is 0 Å². The fourth-order valence-electron chi connectivity index (χ4n) is 9.17. The van der Waals surface area contributed by atoms with Gasteiger partial charge in [-0.3, -0.25) is 19.4 Å². The Morgan fingerprint density at radius 1 is 0.746 bits per heavy atom. The molecule has 0 atom stereocenters. The maximum atomic E-state index is 15.0. The first-order valence-corrected chi connectivity index (χ1v) is 24.1. The van der Waals surface area contributed by atoms with Crippen LogP contribution in [0.1, 0.15) is 69.8 Å². The number of hydrogen-bond donors (Lipinski definition) is 3. The number of phenolic OH excluding ortho intramolecular Hbond substituents is 2. The fraction of sp³-hybridized carbons (Fsp3) is 0.286. The van der Waals surface area contributed by atoms with Crippen molar-refractivity contribution in [2.45, 2.75) is 46.7 Å². The number of aryl methyl sites for hydroxylation is 1. The van der Waals surface area contributed by atoms with E-state index in [-0.39, 0.29) is 52.5 Å². The van der Waals surface area contributed by atoms with E-state index in [0.717, 1.165) is 55.0 Å². The van der Waals surface area contributed by atoms with E-state index < -0.39 is 0 Å². The summed E-state index contributed by atoms with van der Waals surface area (Å²) in [4.78, 5) is 61.4. The molecular weight excluding hydrogens is 895 g/mol. The summed E-state index contributed by atoms with van der Waals surface area (Å²) in [5, 5.41) is 28.5. The van der Waals surface area contributed by atoms with E-state index in [2.05, 4.69) is 37.2 Å². The monoisotopic (exact) mass is 953 g/mol. The Labute approximate surface area is 414 Å². The maximum absolute atomic E-state index is 15.0. The molecule has 2 fully saturated rings. The van der Waals surface area contributed by atoms with Crippen molar-refractivity contribution in [2.24, 2.45) is 0 Å². The lowest BCUT2D eigenvalue weighted by Crippen LogP contribution is -2.52. The molecule has 7 aromatic rings. The Kier molecular flexibility index (Phi) is 14.4. The number of aromatic nitrogens is 3. The van der Waals surface area contributed by atoms with Crippen molar-refractivity contribution in [3.8, 4) is 45.2 Å². The molecule has 364 valence electrons. The lowest BCUT2D eigenvalue weighted by Gasteiger charge is -2.37. The van der Waals surface area contributed by atoms with Crippen LogP contribution in [0.15, 0.2) is 126 Å². The molecule has 0 saturated carbocycles. The first-order valence-electron chi connectivity index (χ1n) is 24.1. The van der Waals surface area contributed by atoms with Gasteiger partial charge in [0, 0.05) is 101 Å². The molecule has 2 aliphatic rings. The number of benzene rings is 5. The topological polar surface area (TPSA) is 172 Å². The summed E-state index contributed by atoms with van der Waals surface area (Å²) in [5.74, 6) is -0.342. The van der Waals surface area contributed by atoms with Gasteiger partial charge in [-0.1, -0.05) is 91.8 Å². The number of Topliss-reactive ketones (excluding diaryl/α,β-unsaturated/α-hetero) is 1. The molecule has 0 spiro atoms. The first-order chi connectivity index (χ1) is 34.3. The van der Waals surface area contributed by atoms with Crippen molar-refractivity contribution in [2.75, 3.05) is 69.6 Å². The van der Waals surface area contributed by atoms with Crippen LogP contribution in [0, 0.1) is 6.92 Å². The Balaban J connectivity index is 0.916. The number of likely N-dealkylation sites (N-methyl/N-ethyl adjacent to an activating group) is 1. The van der Waals surface area contributed by atoms with Crippen LogP contribution in [-0.2, 0) is 13.1 Å². The second-order valence-corrected chi connectivity index (χ2v) is 18.8. The predicted octanol–water partition coefficient (Wildman–Crippen LogP) is 9.59. The number of rotatable bonds is 13. The summed E-state index contributed by atoms with van der Waals surface area (Å²) in [6.07, 6.45) is 1.66. The molecule has 5 aromatic carbocycles. The standard InChI is InChI=1S/C56H59N9O6/c1-36(2)45-32-46(50(68)33-49(45)67)53-51(52(38(4)66)60-71-53)42-16-12-39(13-17-42)35-63-27-29-64(30-28-63)56(70)65(55-57-22-21-47(59-55)41-9-7-6-8-10-41)48-31-44(20-11-37(48)3)58-54(69)43-18-14-40(15-19-43)34-62-25-23-61(5)24-26-62/h6-22,31-33,36,67-68H,23-30,34-35H2,1-5H3,(H,58,69). The molecule has 3 N–H and O–H groups in total. The molecule has 15 nitrogen and oxygen atoms in total. The zero-order chi connectivity index (χ0) is 49.8. The minimum absolute atomic E-state index is 0.0274. The van der Waals surface area contributed by atoms with Crippen molar-refractivity contribution in [1.82, 2.24) is 34.7 Å². The lowest BCUT2D eigenvalue weighted by atomic mass is 9.93. The van der Waals surface area contributed by atoms with Crippen LogP contribution < -0.4 is 10.2 Å². The molecular formula is C56H59N9O6. The van der Waals surface area contributed by atoms with Crippen molar-refractivity contribution in [3.63, 3.8) is 0 Å². The molecule has 4 heterocycles. The van der Waals surface area contributed by atoms with Gasteiger partial charge in [0.2, 0.25) is 5.95 Å². The van der Waals surface area contributed by atoms with Gasteiger partial charge in [0.15, 0.2) is 17.2 Å². The summed E-state index contributed by atoms with van der Waals surface area (Å²) in [5.41, 5.74) is 8.38. The molecule has 0 bridgehead atoms. The molecule has 0 radical (unpaired) electrons. The van der Waals surface area contributed by atoms with Gasteiger partial charge in [-0.2, -0.15) is 0 Å². The number of anilines is 3. The highest BCUT2D eigenvalue weighted by Crippen LogP contribution is 2.43. The zero-order valence-electron chi connectivity index (χ0n) is 40.8. The molecule has 71 heavy (non-hydrogen) atoms. The van der Waals surface area contributed by atoms with Crippen LogP contribution in [-0.4, -0.2) is 122 Å². The fourth-order valence-corrected chi connectivity index (χ4v) is 9.17. The highest BCUT2D eigenvalue weighted by Gasteiger charge is 2.31. The number of urea groups is 1. The van der Waals surface area contributed by atoms with E-state index in [0.29, 0.717) is 77.6 Å². The highest BCUT2D eigenvalue weighted by molar-refractivity contribution is 6.06. The summed E-state index contributed by atoms with van der Waals surface area (Å²) in [7, 11) is 2.14. The Hall–Kier alpha value is -7.72. The molecule has 2 aliphatic heterocycles. The Morgan fingerprint density at radius 3 is 2.04 bits per heavy atom. The molecule has 2 aromatic heterocycles. The Bertz CT molecular complexity index is 3030. The van der Waals surface area contributed by atoms with Crippen LogP contribution >= 0.6 is 0 Å². The minimum atomic E-state index is -0.286. The van der Waals surface area contributed by atoms with Gasteiger partial charge < -0.3 is 29.9 Å². The third-order valence-corrected chi connectivity index (χ3v) is 13.4. The molecule has 2 saturated heterocycles. The van der Waals surface area contributed by atoms with Gasteiger partial charge >= 0.3 is 6.03 Å². The van der Waals surface area contributed by atoms with Crippen molar-refractivity contribution in [1.29, 1.82) is 0 Å². The second kappa shape index (κ2) is 21.1. The van der Waals surface area contributed by atoms with Crippen molar-refractivity contribution in [3.05, 3.63) is 155 Å². The largest absolute Gasteiger partial charge is 0.508 e. The number of carbonyl (C=O) groups excluding carboxylic acids is 3. The number of hydrogen-bond acceptors (Lipinski definition) is 12. The zero-order valence-corrected chi connectivity index (χ0v) is 40.8. The molecule has 9 rings (SSSR count). The highest BCUT2D eigenvalue weighted by atomic mass is 16.5. The predicted molar refractivity (Wildman–Crippen MR) is 275 cm³/mol. The smallest absolute Gasteiger partial charge is 0.331 e. The van der Waals surface area contributed by atoms with Crippen LogP contribution in [0.4, 0.5) is 22.1 Å². The third-order valence-electron chi connectivity index (χ3n) is 13.4. The number of aromatic hydroxyl groups is 2. The van der Waals surface area contributed by atoms with E-state index in [4.69, 9.17) is 9.51 Å². The number of piperazine rings is 2. The summed E-state index contributed by atoms with van der Waals surface area (Å²) in [6.45, 7) is 14.8. The van der Waals surface area contributed by atoms with E-state index >= 15 is 0 Å². The van der Waals surface area contributed by atoms with E-state index in [1.165, 1.54) is 13.0 Å². The Morgan fingerprint density at radius 2 is 1.39 bits per heavy atom. The van der Waals surface area contributed by atoms with Gasteiger partial charge in [-0.05, 0) is 84.1 Å². The molecule has 3 amide bonds. The number of carbonyl (C=O) groups is 3. The maximum Gasteiger partial charge on any atom is 0.331 e. The van der Waals surface area contributed by atoms with Gasteiger partial charge in [0.1, 0.15) is 11.5 Å². The minimum Gasteiger partial charge on any atom is -0.508 e. The number of nitrogens with one attached hydrogen (secondary N) is 1. The summed E-state index contributed by atoms with van der Waals surface area (Å²) in [6, 6.07) is 35.3. The van der Waals surface area contributed by atoms with Crippen LogP contribution in [0.25, 0.3) is 33.7 Å². The molecule has 15 heteroatoms. The van der Waals surface area contributed by atoms with Crippen molar-refractivity contribution < 1.29 is 29.1 Å². The quantitative estimate of drug-likeness (QED) is 0.0937. The normalized spacial score (nSPS) is 14.7. The van der Waals surface area contributed by atoms with E-state index in [1.807, 2.05) is 129 Å². The number of ketones is 1. The molecule has 0 aliphatic carbocycles. The van der Waals surface area contributed by atoms with E-state index in [9.17, 15) is 24.6 Å². The van der Waals surface area contributed by atoms with E-state index in [1.54, 1.807) is 17.2 Å². The first kappa shape index (κ1) is 48.3. The number of nitrogens with zero attached hydrogens (tertiary/aromatic N) is 8. The second-order valence-electron chi connectivity index (χ2n) is 18.8.